The highest BCUT2D eigenvalue weighted by molar-refractivity contribution is 7.99. The first-order valence-corrected chi connectivity index (χ1v) is 14.0. The summed E-state index contributed by atoms with van der Waals surface area (Å²) in [6.07, 6.45) is 2.02. The van der Waals surface area contributed by atoms with Crippen molar-refractivity contribution in [1.82, 2.24) is 9.80 Å². The largest absolute Gasteiger partial charge is 0.368 e. The van der Waals surface area contributed by atoms with Crippen LogP contribution in [0.15, 0.2) is 82.6 Å². The molecule has 0 saturated carbocycles. The summed E-state index contributed by atoms with van der Waals surface area (Å²) in [5.41, 5.74) is 2.90. The Kier molecular flexibility index (Phi) is 6.81. The molecule has 8 heteroatoms. The maximum atomic E-state index is 13.8. The fourth-order valence-electron chi connectivity index (χ4n) is 5.40. The fourth-order valence-corrected chi connectivity index (χ4v) is 6.46. The van der Waals surface area contributed by atoms with Crippen LogP contribution in [0.3, 0.4) is 0 Å². The van der Waals surface area contributed by atoms with Crippen LogP contribution >= 0.6 is 11.8 Å². The Hall–Kier alpha value is -3.78. The van der Waals surface area contributed by atoms with E-state index in [2.05, 4.69) is 17.0 Å². The molecule has 194 valence electrons. The molecule has 2 fully saturated rings. The van der Waals surface area contributed by atoms with Crippen LogP contribution in [0.1, 0.15) is 33.6 Å². The van der Waals surface area contributed by atoms with Crippen LogP contribution < -0.4 is 9.80 Å². The summed E-state index contributed by atoms with van der Waals surface area (Å²) in [4.78, 5) is 49.8. The summed E-state index contributed by atoms with van der Waals surface area (Å²) in [6, 6.07) is 23.3. The van der Waals surface area contributed by atoms with Gasteiger partial charge < -0.3 is 14.7 Å². The van der Waals surface area contributed by atoms with Gasteiger partial charge in [-0.25, -0.2) is 0 Å². The molecule has 3 aliphatic rings. The van der Waals surface area contributed by atoms with Gasteiger partial charge in [-0.05, 0) is 55.3 Å². The molecule has 0 bridgehead atoms. The number of carbonyl (C=O) groups excluding carboxylic acids is 3. The molecule has 3 aromatic carbocycles. The molecule has 0 unspecified atom stereocenters. The number of amides is 3. The standard InChI is InChI=1S/C30H30N4O3S/c35-28(32-18-16-31(17-19-32)23-8-2-1-3-9-23)21-34-25-20-22(29(36)33-14-6-7-15-33)12-13-27(25)38-26-11-5-4-10-24(26)30(34)37/h1-5,8-13,20H,6-7,14-19,21H2. The van der Waals surface area contributed by atoms with Gasteiger partial charge in [-0.2, -0.15) is 0 Å². The van der Waals surface area contributed by atoms with E-state index < -0.39 is 0 Å². The Morgan fingerprint density at radius 2 is 1.45 bits per heavy atom. The smallest absolute Gasteiger partial charge is 0.259 e. The van der Waals surface area contributed by atoms with Crippen molar-refractivity contribution < 1.29 is 14.4 Å². The van der Waals surface area contributed by atoms with Crippen molar-refractivity contribution in [3.8, 4) is 0 Å². The van der Waals surface area contributed by atoms with Crippen molar-refractivity contribution >= 4 is 40.9 Å². The van der Waals surface area contributed by atoms with Crippen molar-refractivity contribution in [3.63, 3.8) is 0 Å². The van der Waals surface area contributed by atoms with Crippen LogP contribution in [0, 0.1) is 0 Å². The van der Waals surface area contributed by atoms with E-state index >= 15 is 0 Å². The number of benzene rings is 3. The van der Waals surface area contributed by atoms with E-state index in [0.29, 0.717) is 29.9 Å². The van der Waals surface area contributed by atoms with Gasteiger partial charge in [-0.3, -0.25) is 19.3 Å². The molecule has 2 saturated heterocycles. The van der Waals surface area contributed by atoms with Gasteiger partial charge >= 0.3 is 0 Å². The number of fused-ring (bicyclic) bond motifs is 2. The van der Waals surface area contributed by atoms with E-state index in [4.69, 9.17) is 0 Å². The first-order valence-electron chi connectivity index (χ1n) is 13.2. The third kappa shape index (κ3) is 4.76. The molecule has 3 aliphatic heterocycles. The lowest BCUT2D eigenvalue weighted by Crippen LogP contribution is -2.52. The first-order chi connectivity index (χ1) is 18.6. The monoisotopic (exact) mass is 526 g/mol. The van der Waals surface area contributed by atoms with Gasteiger partial charge in [0.2, 0.25) is 5.91 Å². The van der Waals surface area contributed by atoms with Crippen LogP contribution in [0.2, 0.25) is 0 Å². The summed E-state index contributed by atoms with van der Waals surface area (Å²) in [7, 11) is 0. The summed E-state index contributed by atoms with van der Waals surface area (Å²) in [6.45, 7) is 4.13. The van der Waals surface area contributed by atoms with Crippen molar-refractivity contribution in [2.75, 3.05) is 55.6 Å². The Labute approximate surface area is 227 Å². The SMILES string of the molecule is O=C(CN1C(=O)c2ccccc2Sc2ccc(C(=O)N3CCCC3)cc21)N1CCN(c2ccccc2)CC1. The quantitative estimate of drug-likeness (QED) is 0.505. The zero-order chi connectivity index (χ0) is 26.1. The normalized spacial score (nSPS) is 17.2. The third-order valence-corrected chi connectivity index (χ3v) is 8.66. The zero-order valence-corrected chi connectivity index (χ0v) is 22.0. The topological polar surface area (TPSA) is 64.2 Å². The molecule has 38 heavy (non-hydrogen) atoms. The predicted molar refractivity (Wildman–Crippen MR) is 149 cm³/mol. The number of hydrogen-bond acceptors (Lipinski definition) is 5. The molecule has 7 nitrogen and oxygen atoms in total. The minimum atomic E-state index is -0.214. The predicted octanol–water partition coefficient (Wildman–Crippen LogP) is 4.38. The van der Waals surface area contributed by atoms with E-state index in [9.17, 15) is 14.4 Å². The van der Waals surface area contributed by atoms with Crippen LogP contribution in [0.4, 0.5) is 11.4 Å². The average Bonchev–Trinajstić information content (AvgIpc) is 3.48. The average molecular weight is 527 g/mol. The lowest BCUT2D eigenvalue weighted by atomic mass is 10.1. The van der Waals surface area contributed by atoms with E-state index in [1.54, 1.807) is 11.0 Å². The number of carbonyl (C=O) groups is 3. The highest BCUT2D eigenvalue weighted by atomic mass is 32.2. The molecule has 0 atom stereocenters. The number of anilines is 2. The summed E-state index contributed by atoms with van der Waals surface area (Å²) < 4.78 is 0. The maximum absolute atomic E-state index is 13.8. The molecule has 0 aliphatic carbocycles. The van der Waals surface area contributed by atoms with Crippen LogP contribution in [0.5, 0.6) is 0 Å². The van der Waals surface area contributed by atoms with Crippen molar-refractivity contribution in [1.29, 1.82) is 0 Å². The van der Waals surface area contributed by atoms with Gasteiger partial charge in [0.15, 0.2) is 0 Å². The minimum absolute atomic E-state index is 0.0205. The van der Waals surface area contributed by atoms with Gasteiger partial charge in [-0.15, -0.1) is 0 Å². The highest BCUT2D eigenvalue weighted by Crippen LogP contribution is 2.42. The Bertz CT molecular complexity index is 1360. The van der Waals surface area contributed by atoms with Crippen LogP contribution in [0.25, 0.3) is 0 Å². The van der Waals surface area contributed by atoms with Gasteiger partial charge in [0.25, 0.3) is 11.8 Å². The molecule has 0 N–H and O–H groups in total. The Balaban J connectivity index is 1.26. The number of piperazine rings is 1. The van der Waals surface area contributed by atoms with E-state index in [1.165, 1.54) is 11.8 Å². The molecule has 3 aromatic rings. The van der Waals surface area contributed by atoms with Gasteiger partial charge in [0.05, 0.1) is 11.3 Å². The van der Waals surface area contributed by atoms with E-state index in [1.807, 2.05) is 64.4 Å². The van der Waals surface area contributed by atoms with Gasteiger partial charge in [-0.1, -0.05) is 42.1 Å². The highest BCUT2D eigenvalue weighted by Gasteiger charge is 2.32. The second-order valence-electron chi connectivity index (χ2n) is 9.87. The number of para-hydroxylation sites is 1. The molecule has 0 spiro atoms. The number of hydrogen-bond donors (Lipinski definition) is 0. The Morgan fingerprint density at radius 1 is 0.737 bits per heavy atom. The zero-order valence-electron chi connectivity index (χ0n) is 21.2. The number of likely N-dealkylation sites (tertiary alicyclic amines) is 1. The molecule has 0 aromatic heterocycles. The molecule has 3 heterocycles. The minimum Gasteiger partial charge on any atom is -0.368 e. The van der Waals surface area contributed by atoms with E-state index in [0.717, 1.165) is 54.5 Å². The first kappa shape index (κ1) is 24.6. The molecule has 6 rings (SSSR count). The van der Waals surface area contributed by atoms with E-state index in [-0.39, 0.29) is 24.3 Å². The van der Waals surface area contributed by atoms with Crippen molar-refractivity contribution in [2.24, 2.45) is 0 Å². The van der Waals surface area contributed by atoms with Crippen LogP contribution in [-0.2, 0) is 4.79 Å². The second-order valence-corrected chi connectivity index (χ2v) is 11.0. The summed E-state index contributed by atoms with van der Waals surface area (Å²) in [5, 5.41) is 0. The molecule has 3 amide bonds. The van der Waals surface area contributed by atoms with Crippen molar-refractivity contribution in [3.05, 3.63) is 83.9 Å². The molecular formula is C30H30N4O3S. The summed E-state index contributed by atoms with van der Waals surface area (Å²) in [5.74, 6) is -0.320. The van der Waals surface area contributed by atoms with Gasteiger partial charge in [0.1, 0.15) is 6.54 Å². The third-order valence-electron chi connectivity index (χ3n) is 7.52. The van der Waals surface area contributed by atoms with Gasteiger partial charge in [0, 0.05) is 60.3 Å². The molecule has 0 radical (unpaired) electrons. The summed E-state index contributed by atoms with van der Waals surface area (Å²) >= 11 is 1.51. The molecular weight excluding hydrogens is 496 g/mol. The Morgan fingerprint density at radius 3 is 2.21 bits per heavy atom. The lowest BCUT2D eigenvalue weighted by molar-refractivity contribution is -0.129. The lowest BCUT2D eigenvalue weighted by Gasteiger charge is -2.37. The van der Waals surface area contributed by atoms with Crippen LogP contribution in [-0.4, -0.2) is 73.3 Å². The van der Waals surface area contributed by atoms with Crippen molar-refractivity contribution in [2.45, 2.75) is 22.6 Å². The number of nitrogens with zero attached hydrogens (tertiary/aromatic N) is 4. The maximum Gasteiger partial charge on any atom is 0.259 e. The fraction of sp³-hybridized carbons (Fsp3) is 0.300. The second kappa shape index (κ2) is 10.5. The number of rotatable bonds is 4.